The summed E-state index contributed by atoms with van der Waals surface area (Å²) >= 11 is 3.81. The predicted octanol–water partition coefficient (Wildman–Crippen LogP) is 4.71. The van der Waals surface area contributed by atoms with E-state index in [2.05, 4.69) is 39.8 Å². The molecule has 0 saturated carbocycles. The number of aryl methyl sites for hydroxylation is 2. The molecule has 0 aliphatic rings. The van der Waals surface area contributed by atoms with Crippen LogP contribution in [0.15, 0.2) is 12.1 Å². The third kappa shape index (κ3) is 1.53. The van der Waals surface area contributed by atoms with E-state index in [1.807, 2.05) is 22.7 Å². The molecule has 0 aromatic carbocycles. The van der Waals surface area contributed by atoms with Crippen LogP contribution in [-0.2, 0) is 0 Å². The molecule has 2 aromatic heterocycles. The molecule has 0 nitrogen and oxygen atoms in total. The van der Waals surface area contributed by atoms with E-state index in [4.69, 9.17) is 0 Å². The molecule has 0 aliphatic carbocycles. The molecule has 74 valence electrons. The summed E-state index contributed by atoms with van der Waals surface area (Å²) in [6.45, 7) is 8.81. The second-order valence-corrected chi connectivity index (χ2v) is 6.16. The van der Waals surface area contributed by atoms with E-state index in [1.165, 1.54) is 30.6 Å². The Morgan fingerprint density at radius 1 is 0.857 bits per heavy atom. The van der Waals surface area contributed by atoms with Gasteiger partial charge in [0.1, 0.15) is 0 Å². The lowest BCUT2D eigenvalue weighted by Gasteiger charge is -1.94. The van der Waals surface area contributed by atoms with E-state index in [1.54, 1.807) is 0 Å². The van der Waals surface area contributed by atoms with Crippen molar-refractivity contribution in [1.82, 2.24) is 0 Å². The first kappa shape index (κ1) is 9.94. The highest BCUT2D eigenvalue weighted by Crippen LogP contribution is 2.38. The van der Waals surface area contributed by atoms with Gasteiger partial charge in [0.25, 0.3) is 0 Å². The lowest BCUT2D eigenvalue weighted by molar-refractivity contribution is 1.35. The van der Waals surface area contributed by atoms with Gasteiger partial charge < -0.3 is 0 Å². The third-order valence-electron chi connectivity index (χ3n) is 2.65. The van der Waals surface area contributed by atoms with Crippen LogP contribution in [0.25, 0.3) is 9.75 Å². The van der Waals surface area contributed by atoms with Crippen LogP contribution in [0.2, 0.25) is 0 Å². The molecule has 0 atom stereocenters. The fourth-order valence-corrected chi connectivity index (χ4v) is 3.73. The van der Waals surface area contributed by atoms with Crippen LogP contribution in [0, 0.1) is 27.7 Å². The number of hydrogen-bond donors (Lipinski definition) is 0. The lowest BCUT2D eigenvalue weighted by Crippen LogP contribution is -1.74. The summed E-state index contributed by atoms with van der Waals surface area (Å²) < 4.78 is 0. The van der Waals surface area contributed by atoms with Crippen molar-refractivity contribution in [2.45, 2.75) is 27.7 Å². The molecule has 0 amide bonds. The van der Waals surface area contributed by atoms with Gasteiger partial charge in [-0.3, -0.25) is 0 Å². The Morgan fingerprint density at radius 3 is 2.00 bits per heavy atom. The molecule has 0 saturated heterocycles. The smallest absolute Gasteiger partial charge is 0.0477 e. The molecule has 14 heavy (non-hydrogen) atoms. The van der Waals surface area contributed by atoms with E-state index in [9.17, 15) is 0 Å². The van der Waals surface area contributed by atoms with Crippen molar-refractivity contribution in [3.05, 3.63) is 33.0 Å². The van der Waals surface area contributed by atoms with Crippen molar-refractivity contribution in [2.75, 3.05) is 0 Å². The average molecular weight is 222 g/mol. The van der Waals surface area contributed by atoms with Crippen LogP contribution in [-0.4, -0.2) is 0 Å². The van der Waals surface area contributed by atoms with E-state index in [0.29, 0.717) is 0 Å². The Balaban J connectivity index is 2.57. The zero-order chi connectivity index (χ0) is 10.3. The third-order valence-corrected chi connectivity index (χ3v) is 5.14. The molecule has 0 aliphatic heterocycles. The molecular formula is C12H14S2. The van der Waals surface area contributed by atoms with Crippen LogP contribution in [0.1, 0.15) is 20.9 Å². The van der Waals surface area contributed by atoms with Crippen molar-refractivity contribution in [3.63, 3.8) is 0 Å². The predicted molar refractivity (Wildman–Crippen MR) is 66.6 cm³/mol. The SMILES string of the molecule is Cc1ccc(-c2sc(C)c(C)c2C)s1. The minimum atomic E-state index is 1.39. The fourth-order valence-electron chi connectivity index (χ4n) is 1.53. The molecule has 0 unspecified atom stereocenters. The maximum atomic E-state index is 2.23. The number of rotatable bonds is 1. The second-order valence-electron chi connectivity index (χ2n) is 3.65. The summed E-state index contributed by atoms with van der Waals surface area (Å²) in [5.41, 5.74) is 2.91. The Bertz CT molecular complexity index is 461. The van der Waals surface area contributed by atoms with Crippen LogP contribution < -0.4 is 0 Å². The Kier molecular flexibility index (Phi) is 2.50. The Labute approximate surface area is 93.2 Å². The van der Waals surface area contributed by atoms with Crippen molar-refractivity contribution in [1.29, 1.82) is 0 Å². The highest BCUT2D eigenvalue weighted by molar-refractivity contribution is 7.22. The maximum absolute atomic E-state index is 2.23. The van der Waals surface area contributed by atoms with Gasteiger partial charge in [0.05, 0.1) is 0 Å². The zero-order valence-electron chi connectivity index (χ0n) is 8.97. The Hall–Kier alpha value is -0.600. The van der Waals surface area contributed by atoms with E-state index >= 15 is 0 Å². The topological polar surface area (TPSA) is 0 Å². The number of hydrogen-bond acceptors (Lipinski definition) is 2. The van der Waals surface area contributed by atoms with Gasteiger partial charge >= 0.3 is 0 Å². The van der Waals surface area contributed by atoms with Gasteiger partial charge in [-0.25, -0.2) is 0 Å². The first-order valence-electron chi connectivity index (χ1n) is 4.73. The molecule has 0 spiro atoms. The minimum absolute atomic E-state index is 1.39. The molecule has 0 radical (unpaired) electrons. The van der Waals surface area contributed by atoms with Gasteiger partial charge in [-0.15, -0.1) is 22.7 Å². The molecular weight excluding hydrogens is 208 g/mol. The fraction of sp³-hybridized carbons (Fsp3) is 0.333. The first-order chi connectivity index (χ1) is 6.59. The molecule has 2 heteroatoms. The van der Waals surface area contributed by atoms with Crippen molar-refractivity contribution >= 4 is 22.7 Å². The van der Waals surface area contributed by atoms with Crippen LogP contribution >= 0.6 is 22.7 Å². The highest BCUT2D eigenvalue weighted by Gasteiger charge is 2.11. The number of thiophene rings is 2. The Morgan fingerprint density at radius 2 is 1.57 bits per heavy atom. The van der Waals surface area contributed by atoms with Crippen LogP contribution in [0.4, 0.5) is 0 Å². The summed E-state index contributed by atoms with van der Waals surface area (Å²) in [6.07, 6.45) is 0. The minimum Gasteiger partial charge on any atom is -0.140 e. The molecule has 2 aromatic rings. The first-order valence-corrected chi connectivity index (χ1v) is 6.36. The van der Waals surface area contributed by atoms with Crippen molar-refractivity contribution < 1.29 is 0 Å². The van der Waals surface area contributed by atoms with Gasteiger partial charge in [0.15, 0.2) is 0 Å². The van der Waals surface area contributed by atoms with Crippen molar-refractivity contribution in [3.8, 4) is 9.75 Å². The standard InChI is InChI=1S/C12H14S2/c1-7-5-6-11(13-7)12-9(3)8(2)10(4)14-12/h5-6H,1-4H3. The van der Waals surface area contributed by atoms with Gasteiger partial charge in [-0.2, -0.15) is 0 Å². The zero-order valence-corrected chi connectivity index (χ0v) is 10.6. The molecule has 2 rings (SSSR count). The maximum Gasteiger partial charge on any atom is 0.0477 e. The van der Waals surface area contributed by atoms with Gasteiger partial charge in [0.2, 0.25) is 0 Å². The normalized spacial score (nSPS) is 10.9. The van der Waals surface area contributed by atoms with Gasteiger partial charge in [-0.1, -0.05) is 0 Å². The quantitative estimate of drug-likeness (QED) is 0.655. The van der Waals surface area contributed by atoms with Gasteiger partial charge in [0, 0.05) is 19.5 Å². The van der Waals surface area contributed by atoms with Crippen LogP contribution in [0.5, 0.6) is 0 Å². The summed E-state index contributed by atoms with van der Waals surface area (Å²) in [4.78, 5) is 5.71. The van der Waals surface area contributed by atoms with E-state index in [-0.39, 0.29) is 0 Å². The molecule has 0 bridgehead atoms. The second kappa shape index (κ2) is 3.52. The highest BCUT2D eigenvalue weighted by atomic mass is 32.1. The summed E-state index contributed by atoms with van der Waals surface area (Å²) in [5, 5.41) is 0. The van der Waals surface area contributed by atoms with Crippen molar-refractivity contribution in [2.24, 2.45) is 0 Å². The largest absolute Gasteiger partial charge is 0.140 e. The molecule has 0 N–H and O–H groups in total. The molecule has 2 heterocycles. The van der Waals surface area contributed by atoms with E-state index < -0.39 is 0 Å². The van der Waals surface area contributed by atoms with Gasteiger partial charge in [-0.05, 0) is 51.0 Å². The van der Waals surface area contributed by atoms with Crippen LogP contribution in [0.3, 0.4) is 0 Å². The lowest BCUT2D eigenvalue weighted by atomic mass is 10.1. The summed E-state index contributed by atoms with van der Waals surface area (Å²) in [5.74, 6) is 0. The monoisotopic (exact) mass is 222 g/mol. The average Bonchev–Trinajstić information content (AvgIpc) is 2.66. The van der Waals surface area contributed by atoms with E-state index in [0.717, 1.165) is 0 Å². The summed E-state index contributed by atoms with van der Waals surface area (Å²) in [7, 11) is 0. The summed E-state index contributed by atoms with van der Waals surface area (Å²) in [6, 6.07) is 4.43. The molecule has 0 fully saturated rings.